The highest BCUT2D eigenvalue weighted by Crippen LogP contribution is 2.19. The maximum Gasteiger partial charge on any atom is 0.0537 e. The average Bonchev–Trinajstić information content (AvgIpc) is 2.62. The monoisotopic (exact) mass is 258 g/mol. The van der Waals surface area contributed by atoms with Gasteiger partial charge in [-0.05, 0) is 26.3 Å². The highest BCUT2D eigenvalue weighted by molar-refractivity contribution is 5.85. The lowest BCUT2D eigenvalue weighted by atomic mass is 10.0. The zero-order valence-corrected chi connectivity index (χ0v) is 11.5. The van der Waals surface area contributed by atoms with Crippen LogP contribution in [-0.4, -0.2) is 33.8 Å². The molecule has 0 radical (unpaired) electrons. The maximum absolute atomic E-state index is 5.83. The first-order valence-electron chi connectivity index (χ1n) is 6.14. The summed E-state index contributed by atoms with van der Waals surface area (Å²) in [7, 11) is 2.00. The van der Waals surface area contributed by atoms with Crippen LogP contribution in [0.15, 0.2) is 6.20 Å². The quantitative estimate of drug-likeness (QED) is 0.893. The number of aryl methyl sites for hydroxylation is 1. The predicted octanol–water partition coefficient (Wildman–Crippen LogP) is 1.46. The van der Waals surface area contributed by atoms with Crippen molar-refractivity contribution in [2.45, 2.75) is 38.8 Å². The SMILES string of the molecule is Cc1c(CN2CCCCC2CN)cnn1C.Cl. The second kappa shape index (κ2) is 6.38. The summed E-state index contributed by atoms with van der Waals surface area (Å²) in [5.74, 6) is 0. The molecule has 0 amide bonds. The van der Waals surface area contributed by atoms with Crippen molar-refractivity contribution in [2.75, 3.05) is 13.1 Å². The lowest BCUT2D eigenvalue weighted by Gasteiger charge is -2.34. The fraction of sp³-hybridized carbons (Fsp3) is 0.750. The molecular formula is C12H23ClN4. The highest BCUT2D eigenvalue weighted by Gasteiger charge is 2.21. The molecule has 1 fully saturated rings. The largest absolute Gasteiger partial charge is 0.329 e. The number of rotatable bonds is 3. The Bertz CT molecular complexity index is 350. The molecule has 98 valence electrons. The minimum absolute atomic E-state index is 0. The summed E-state index contributed by atoms with van der Waals surface area (Å²) in [6.45, 7) is 5.08. The number of aromatic nitrogens is 2. The third-order valence-corrected chi connectivity index (χ3v) is 3.73. The van der Waals surface area contributed by atoms with Crippen LogP contribution in [0.25, 0.3) is 0 Å². The van der Waals surface area contributed by atoms with E-state index in [1.54, 1.807) is 0 Å². The Hall–Kier alpha value is -0.580. The van der Waals surface area contributed by atoms with Crippen LogP contribution in [0, 0.1) is 6.92 Å². The Morgan fingerprint density at radius 2 is 2.24 bits per heavy atom. The Balaban J connectivity index is 0.00000144. The van der Waals surface area contributed by atoms with Crippen molar-refractivity contribution in [3.63, 3.8) is 0 Å². The van der Waals surface area contributed by atoms with Gasteiger partial charge in [0.25, 0.3) is 0 Å². The van der Waals surface area contributed by atoms with Gasteiger partial charge < -0.3 is 5.73 Å². The summed E-state index contributed by atoms with van der Waals surface area (Å²) in [5, 5.41) is 4.29. The van der Waals surface area contributed by atoms with Gasteiger partial charge >= 0.3 is 0 Å². The van der Waals surface area contributed by atoms with Gasteiger partial charge in [-0.1, -0.05) is 6.42 Å². The zero-order valence-electron chi connectivity index (χ0n) is 10.7. The van der Waals surface area contributed by atoms with E-state index in [1.807, 2.05) is 17.9 Å². The molecule has 17 heavy (non-hydrogen) atoms. The average molecular weight is 259 g/mol. The standard InChI is InChI=1S/C12H22N4.ClH/c1-10-11(8-14-15(10)2)9-16-6-4-3-5-12(16)7-13;/h8,12H,3-7,9,13H2,1-2H3;1H. The van der Waals surface area contributed by atoms with Crippen LogP contribution in [0.4, 0.5) is 0 Å². The summed E-state index contributed by atoms with van der Waals surface area (Å²) in [6, 6.07) is 0.563. The van der Waals surface area contributed by atoms with E-state index in [2.05, 4.69) is 16.9 Å². The van der Waals surface area contributed by atoms with Crippen molar-refractivity contribution in [1.82, 2.24) is 14.7 Å². The second-order valence-corrected chi connectivity index (χ2v) is 4.73. The summed E-state index contributed by atoms with van der Waals surface area (Å²) < 4.78 is 1.94. The van der Waals surface area contributed by atoms with E-state index in [9.17, 15) is 0 Å². The molecule has 5 heteroatoms. The molecule has 1 unspecified atom stereocenters. The molecule has 1 atom stereocenters. The van der Waals surface area contributed by atoms with Crippen LogP contribution in [0.1, 0.15) is 30.5 Å². The van der Waals surface area contributed by atoms with Gasteiger partial charge in [0.05, 0.1) is 6.20 Å². The first-order chi connectivity index (χ1) is 7.72. The molecule has 1 aliphatic heterocycles. The number of nitrogens with zero attached hydrogens (tertiary/aromatic N) is 3. The molecule has 1 aromatic rings. The van der Waals surface area contributed by atoms with Crippen molar-refractivity contribution in [2.24, 2.45) is 12.8 Å². The van der Waals surface area contributed by atoms with Crippen molar-refractivity contribution in [1.29, 1.82) is 0 Å². The lowest BCUT2D eigenvalue weighted by molar-refractivity contribution is 0.144. The maximum atomic E-state index is 5.83. The fourth-order valence-electron chi connectivity index (χ4n) is 2.45. The first kappa shape index (κ1) is 14.5. The highest BCUT2D eigenvalue weighted by atomic mass is 35.5. The smallest absolute Gasteiger partial charge is 0.0537 e. The fourth-order valence-corrected chi connectivity index (χ4v) is 2.45. The van der Waals surface area contributed by atoms with E-state index < -0.39 is 0 Å². The molecule has 0 spiro atoms. The van der Waals surface area contributed by atoms with Gasteiger partial charge in [-0.25, -0.2) is 0 Å². The molecule has 4 nitrogen and oxygen atoms in total. The molecule has 0 aromatic carbocycles. The number of likely N-dealkylation sites (tertiary alicyclic amines) is 1. The molecular weight excluding hydrogens is 236 g/mol. The van der Waals surface area contributed by atoms with Crippen LogP contribution < -0.4 is 5.73 Å². The third kappa shape index (κ3) is 3.21. The van der Waals surface area contributed by atoms with Crippen LogP contribution >= 0.6 is 12.4 Å². The van der Waals surface area contributed by atoms with Gasteiger partial charge in [0.15, 0.2) is 0 Å². The third-order valence-electron chi connectivity index (χ3n) is 3.73. The number of piperidine rings is 1. The molecule has 1 saturated heterocycles. The molecule has 0 bridgehead atoms. The molecule has 2 N–H and O–H groups in total. The number of nitrogens with two attached hydrogens (primary N) is 1. The van der Waals surface area contributed by atoms with Crippen LogP contribution in [0.2, 0.25) is 0 Å². The summed E-state index contributed by atoms with van der Waals surface area (Å²) in [4.78, 5) is 2.51. The van der Waals surface area contributed by atoms with E-state index >= 15 is 0 Å². The van der Waals surface area contributed by atoms with Crippen molar-refractivity contribution in [3.8, 4) is 0 Å². The summed E-state index contributed by atoms with van der Waals surface area (Å²) in [5.41, 5.74) is 8.43. The van der Waals surface area contributed by atoms with Crippen molar-refractivity contribution in [3.05, 3.63) is 17.5 Å². The van der Waals surface area contributed by atoms with Gasteiger partial charge in [0.1, 0.15) is 0 Å². The zero-order chi connectivity index (χ0) is 11.5. The lowest BCUT2D eigenvalue weighted by Crippen LogP contribution is -2.43. The Labute approximate surface area is 110 Å². The van der Waals surface area contributed by atoms with E-state index in [1.165, 1.54) is 37.1 Å². The number of hydrogen-bond donors (Lipinski definition) is 1. The molecule has 0 saturated carbocycles. The first-order valence-corrected chi connectivity index (χ1v) is 6.14. The van der Waals surface area contributed by atoms with E-state index in [0.29, 0.717) is 6.04 Å². The number of halogens is 1. The molecule has 0 aliphatic carbocycles. The molecule has 2 rings (SSSR count). The molecule has 1 aliphatic rings. The van der Waals surface area contributed by atoms with E-state index in [0.717, 1.165) is 13.1 Å². The van der Waals surface area contributed by atoms with Crippen molar-refractivity contribution >= 4 is 12.4 Å². The Kier molecular flexibility index (Phi) is 5.43. The van der Waals surface area contributed by atoms with Gasteiger partial charge in [-0.3, -0.25) is 9.58 Å². The second-order valence-electron chi connectivity index (χ2n) is 4.73. The Morgan fingerprint density at radius 3 is 2.82 bits per heavy atom. The van der Waals surface area contributed by atoms with Gasteiger partial charge in [0.2, 0.25) is 0 Å². The normalized spacial score (nSPS) is 21.2. The van der Waals surface area contributed by atoms with Gasteiger partial charge in [-0.15, -0.1) is 12.4 Å². The van der Waals surface area contributed by atoms with Crippen LogP contribution in [0.5, 0.6) is 0 Å². The van der Waals surface area contributed by atoms with Gasteiger partial charge in [-0.2, -0.15) is 5.10 Å². The van der Waals surface area contributed by atoms with Crippen LogP contribution in [-0.2, 0) is 13.6 Å². The summed E-state index contributed by atoms with van der Waals surface area (Å²) in [6.07, 6.45) is 5.85. The van der Waals surface area contributed by atoms with E-state index in [-0.39, 0.29) is 12.4 Å². The summed E-state index contributed by atoms with van der Waals surface area (Å²) >= 11 is 0. The Morgan fingerprint density at radius 1 is 1.47 bits per heavy atom. The molecule has 2 heterocycles. The van der Waals surface area contributed by atoms with E-state index in [4.69, 9.17) is 5.73 Å². The topological polar surface area (TPSA) is 47.1 Å². The van der Waals surface area contributed by atoms with Gasteiger partial charge in [0, 0.05) is 37.4 Å². The van der Waals surface area contributed by atoms with Crippen molar-refractivity contribution < 1.29 is 0 Å². The minimum atomic E-state index is 0. The molecule has 1 aromatic heterocycles. The minimum Gasteiger partial charge on any atom is -0.329 e. The van der Waals surface area contributed by atoms with Crippen LogP contribution in [0.3, 0.4) is 0 Å². The number of hydrogen-bond acceptors (Lipinski definition) is 3. The predicted molar refractivity (Wildman–Crippen MR) is 72.3 cm³/mol.